The molecule has 3 N–H and O–H groups in total. The van der Waals surface area contributed by atoms with Crippen LogP contribution in [0, 0.1) is 0 Å². The molecular weight excluding hydrogens is 230 g/mol. The molecule has 0 amide bonds. The van der Waals surface area contributed by atoms with E-state index in [9.17, 15) is 0 Å². The van der Waals surface area contributed by atoms with E-state index in [1.807, 2.05) is 11.7 Å². The molecule has 4 heteroatoms. The van der Waals surface area contributed by atoms with Crippen LogP contribution in [-0.2, 0) is 6.42 Å². The maximum atomic E-state index is 5.59. The zero-order chi connectivity index (χ0) is 12.3. The van der Waals surface area contributed by atoms with Crippen molar-refractivity contribution in [3.63, 3.8) is 0 Å². The van der Waals surface area contributed by atoms with Crippen LogP contribution in [-0.4, -0.2) is 11.0 Å². The largest absolute Gasteiger partial charge is 0.271 e. The number of unbranched alkanes of at least 4 members (excludes halogenated alkanes) is 5. The third-order valence-corrected chi connectivity index (χ3v) is 3.87. The van der Waals surface area contributed by atoms with Gasteiger partial charge in [-0.2, -0.15) is 0 Å². The Bertz CT molecular complexity index is 262. The van der Waals surface area contributed by atoms with Gasteiger partial charge in [0.25, 0.3) is 0 Å². The van der Waals surface area contributed by atoms with Crippen molar-refractivity contribution in [1.29, 1.82) is 0 Å². The summed E-state index contributed by atoms with van der Waals surface area (Å²) < 4.78 is 0. The molecular formula is C13H25N3S. The predicted octanol–water partition coefficient (Wildman–Crippen LogP) is 3.27. The van der Waals surface area contributed by atoms with E-state index in [0.29, 0.717) is 6.04 Å². The molecule has 1 unspecified atom stereocenters. The quantitative estimate of drug-likeness (QED) is 0.383. The molecule has 1 heterocycles. The Balaban J connectivity index is 2.06. The van der Waals surface area contributed by atoms with Crippen molar-refractivity contribution < 1.29 is 0 Å². The Morgan fingerprint density at radius 1 is 1.29 bits per heavy atom. The average Bonchev–Trinajstić information content (AvgIpc) is 2.85. The minimum atomic E-state index is 0.404. The van der Waals surface area contributed by atoms with E-state index in [1.165, 1.54) is 49.8 Å². The molecule has 1 aromatic heterocycles. The van der Waals surface area contributed by atoms with Gasteiger partial charge >= 0.3 is 0 Å². The highest BCUT2D eigenvalue weighted by atomic mass is 32.1. The van der Waals surface area contributed by atoms with Crippen LogP contribution in [0.2, 0.25) is 0 Å². The number of nitrogens with two attached hydrogens (primary N) is 1. The average molecular weight is 255 g/mol. The fourth-order valence-electron chi connectivity index (χ4n) is 2.00. The number of nitrogens with one attached hydrogen (secondary N) is 1. The number of hydrazine groups is 1. The fraction of sp³-hybridized carbons (Fsp3) is 0.769. The van der Waals surface area contributed by atoms with E-state index in [0.717, 1.165) is 6.42 Å². The molecule has 1 aromatic rings. The second kappa shape index (κ2) is 9.57. The summed E-state index contributed by atoms with van der Waals surface area (Å²) in [5, 5.41) is 0. The second-order valence-corrected chi connectivity index (χ2v) is 5.56. The summed E-state index contributed by atoms with van der Waals surface area (Å²) in [7, 11) is 0. The van der Waals surface area contributed by atoms with Crippen LogP contribution in [0.25, 0.3) is 0 Å². The Morgan fingerprint density at radius 3 is 2.71 bits per heavy atom. The normalized spacial score (nSPS) is 12.8. The van der Waals surface area contributed by atoms with Crippen LogP contribution >= 0.6 is 11.3 Å². The Kier molecular flexibility index (Phi) is 8.22. The minimum Gasteiger partial charge on any atom is -0.271 e. The molecule has 0 aromatic carbocycles. The molecule has 0 aliphatic heterocycles. The van der Waals surface area contributed by atoms with Crippen LogP contribution in [0.15, 0.2) is 11.7 Å². The molecule has 0 aliphatic rings. The molecule has 17 heavy (non-hydrogen) atoms. The van der Waals surface area contributed by atoms with Gasteiger partial charge in [0.2, 0.25) is 0 Å². The van der Waals surface area contributed by atoms with E-state index < -0.39 is 0 Å². The summed E-state index contributed by atoms with van der Waals surface area (Å²) in [6.45, 7) is 2.25. The first-order valence-corrected chi connectivity index (χ1v) is 7.58. The van der Waals surface area contributed by atoms with Gasteiger partial charge in [-0.15, -0.1) is 11.3 Å². The zero-order valence-electron chi connectivity index (χ0n) is 10.8. The van der Waals surface area contributed by atoms with E-state index in [2.05, 4.69) is 17.3 Å². The van der Waals surface area contributed by atoms with Gasteiger partial charge in [-0.3, -0.25) is 16.3 Å². The van der Waals surface area contributed by atoms with Gasteiger partial charge in [-0.1, -0.05) is 45.4 Å². The maximum absolute atomic E-state index is 5.59. The van der Waals surface area contributed by atoms with Gasteiger partial charge < -0.3 is 0 Å². The van der Waals surface area contributed by atoms with Gasteiger partial charge in [0, 0.05) is 23.5 Å². The topological polar surface area (TPSA) is 50.9 Å². The summed E-state index contributed by atoms with van der Waals surface area (Å²) in [5.74, 6) is 5.59. The van der Waals surface area contributed by atoms with Crippen molar-refractivity contribution in [2.24, 2.45) is 5.84 Å². The predicted molar refractivity (Wildman–Crippen MR) is 74.9 cm³/mol. The van der Waals surface area contributed by atoms with Crippen LogP contribution in [0.5, 0.6) is 0 Å². The lowest BCUT2D eigenvalue weighted by Crippen LogP contribution is -2.36. The first kappa shape index (κ1) is 14.6. The summed E-state index contributed by atoms with van der Waals surface area (Å²) in [6, 6.07) is 0.404. The molecule has 0 saturated heterocycles. The van der Waals surface area contributed by atoms with Gasteiger partial charge in [0.15, 0.2) is 0 Å². The zero-order valence-corrected chi connectivity index (χ0v) is 11.6. The molecule has 1 rings (SSSR count). The SMILES string of the molecule is CCCCCCCCC(Cc1cncs1)NN. The first-order chi connectivity index (χ1) is 8.36. The number of aromatic nitrogens is 1. The van der Waals surface area contributed by atoms with Crippen LogP contribution in [0.3, 0.4) is 0 Å². The fourth-order valence-corrected chi connectivity index (χ4v) is 2.68. The lowest BCUT2D eigenvalue weighted by atomic mass is 10.0. The lowest BCUT2D eigenvalue weighted by Gasteiger charge is -2.14. The third kappa shape index (κ3) is 6.76. The summed E-state index contributed by atoms with van der Waals surface area (Å²) >= 11 is 1.71. The second-order valence-electron chi connectivity index (χ2n) is 4.59. The van der Waals surface area contributed by atoms with Gasteiger partial charge in [0.05, 0.1) is 5.51 Å². The van der Waals surface area contributed by atoms with Crippen molar-refractivity contribution in [2.75, 3.05) is 0 Å². The minimum absolute atomic E-state index is 0.404. The van der Waals surface area contributed by atoms with Gasteiger partial charge in [-0.05, 0) is 6.42 Å². The highest BCUT2D eigenvalue weighted by Crippen LogP contribution is 2.13. The highest BCUT2D eigenvalue weighted by Gasteiger charge is 2.08. The number of nitrogens with zero attached hydrogens (tertiary/aromatic N) is 1. The van der Waals surface area contributed by atoms with Crippen molar-refractivity contribution in [2.45, 2.75) is 64.3 Å². The molecule has 1 atom stereocenters. The molecule has 0 fully saturated rings. The van der Waals surface area contributed by atoms with E-state index in [-0.39, 0.29) is 0 Å². The van der Waals surface area contributed by atoms with Gasteiger partial charge in [-0.25, -0.2) is 0 Å². The van der Waals surface area contributed by atoms with Gasteiger partial charge in [0.1, 0.15) is 0 Å². The standard InChI is InChI=1S/C13H25N3S/c1-2-3-4-5-6-7-8-12(16-14)9-13-10-15-11-17-13/h10-12,16H,2-9,14H2,1H3. The Labute approximate surface area is 109 Å². The third-order valence-electron chi connectivity index (χ3n) is 3.07. The molecule has 0 spiro atoms. The van der Waals surface area contributed by atoms with Crippen molar-refractivity contribution in [1.82, 2.24) is 10.4 Å². The van der Waals surface area contributed by atoms with Crippen LogP contribution in [0.4, 0.5) is 0 Å². The lowest BCUT2D eigenvalue weighted by molar-refractivity contribution is 0.461. The molecule has 0 aliphatic carbocycles. The number of thiazole rings is 1. The van der Waals surface area contributed by atoms with Crippen LogP contribution in [0.1, 0.15) is 56.7 Å². The Morgan fingerprint density at radius 2 is 2.06 bits per heavy atom. The summed E-state index contributed by atoms with van der Waals surface area (Å²) in [5.41, 5.74) is 4.80. The summed E-state index contributed by atoms with van der Waals surface area (Å²) in [4.78, 5) is 5.41. The van der Waals surface area contributed by atoms with E-state index >= 15 is 0 Å². The molecule has 0 bridgehead atoms. The van der Waals surface area contributed by atoms with Crippen LogP contribution < -0.4 is 11.3 Å². The number of hydrogen-bond donors (Lipinski definition) is 2. The highest BCUT2D eigenvalue weighted by molar-refractivity contribution is 7.09. The van der Waals surface area contributed by atoms with E-state index in [4.69, 9.17) is 5.84 Å². The first-order valence-electron chi connectivity index (χ1n) is 6.70. The van der Waals surface area contributed by atoms with E-state index in [1.54, 1.807) is 11.3 Å². The monoisotopic (exact) mass is 255 g/mol. The smallest absolute Gasteiger partial charge is 0.0794 e. The van der Waals surface area contributed by atoms with Crippen molar-refractivity contribution in [3.05, 3.63) is 16.6 Å². The molecule has 3 nitrogen and oxygen atoms in total. The summed E-state index contributed by atoms with van der Waals surface area (Å²) in [6.07, 6.45) is 12.2. The Hall–Kier alpha value is -0.450. The van der Waals surface area contributed by atoms with Crippen molar-refractivity contribution >= 4 is 11.3 Å². The molecule has 0 radical (unpaired) electrons. The van der Waals surface area contributed by atoms with Crippen molar-refractivity contribution in [3.8, 4) is 0 Å². The number of rotatable bonds is 10. The molecule has 0 saturated carbocycles. The molecule has 98 valence electrons. The number of hydrogen-bond acceptors (Lipinski definition) is 4. The maximum Gasteiger partial charge on any atom is 0.0794 e.